The molecule has 1 fully saturated rings. The summed E-state index contributed by atoms with van der Waals surface area (Å²) in [6.45, 7) is 4.72. The molecule has 2 aliphatic heterocycles. The standard InChI is InChI=1S/C22H24FN7O3S/c1-11(2)19(31)29-9-14-8-15-17(34-21(25-15)27-20(32)24-3)16(10-29)30(14)22-26-18(28-33-22)12-4-6-13(23)7-5-12/h4-7,11,14,16H,8-10H2,1-3H3,(H2,24,25,27,32). The van der Waals surface area contributed by atoms with E-state index >= 15 is 0 Å². The molecule has 1 aromatic carbocycles. The van der Waals surface area contributed by atoms with E-state index in [1.165, 1.54) is 23.5 Å². The topological polar surface area (TPSA) is 116 Å². The lowest BCUT2D eigenvalue weighted by Crippen LogP contribution is -2.59. The molecule has 0 aliphatic carbocycles. The molecule has 34 heavy (non-hydrogen) atoms. The average Bonchev–Trinajstić information content (AvgIpc) is 3.45. The quantitative estimate of drug-likeness (QED) is 0.583. The highest BCUT2D eigenvalue weighted by atomic mass is 32.1. The van der Waals surface area contributed by atoms with Gasteiger partial charge in [0.05, 0.1) is 22.7 Å². The minimum Gasteiger partial charge on any atom is -0.341 e. The maximum Gasteiger partial charge on any atom is 0.325 e. The van der Waals surface area contributed by atoms with Crippen molar-refractivity contribution in [3.8, 4) is 11.4 Å². The smallest absolute Gasteiger partial charge is 0.325 e. The molecule has 2 aliphatic rings. The number of urea groups is 1. The molecule has 4 heterocycles. The Kier molecular flexibility index (Phi) is 5.68. The maximum absolute atomic E-state index is 13.3. The van der Waals surface area contributed by atoms with Crippen molar-refractivity contribution in [2.45, 2.75) is 32.4 Å². The first-order valence-electron chi connectivity index (χ1n) is 11.0. The number of rotatable bonds is 4. The first kappa shape index (κ1) is 22.3. The van der Waals surface area contributed by atoms with Gasteiger partial charge in [0.15, 0.2) is 5.13 Å². The molecule has 0 spiro atoms. The van der Waals surface area contributed by atoms with Gasteiger partial charge in [0.1, 0.15) is 5.82 Å². The first-order chi connectivity index (χ1) is 16.3. The Bertz CT molecular complexity index is 1230. The van der Waals surface area contributed by atoms with Gasteiger partial charge in [0, 0.05) is 38.0 Å². The molecule has 0 saturated carbocycles. The van der Waals surface area contributed by atoms with Crippen molar-refractivity contribution in [2.24, 2.45) is 5.92 Å². The maximum atomic E-state index is 13.3. The number of benzene rings is 1. The van der Waals surface area contributed by atoms with Crippen LogP contribution < -0.4 is 15.5 Å². The molecule has 5 rings (SSSR count). The van der Waals surface area contributed by atoms with Gasteiger partial charge in [-0.25, -0.2) is 14.2 Å². The molecule has 3 amide bonds. The number of hydrogen-bond donors (Lipinski definition) is 2. The van der Waals surface area contributed by atoms with Crippen LogP contribution in [0.25, 0.3) is 11.4 Å². The van der Waals surface area contributed by atoms with E-state index in [0.717, 1.165) is 10.6 Å². The zero-order chi connectivity index (χ0) is 24.0. The summed E-state index contributed by atoms with van der Waals surface area (Å²) in [5.41, 5.74) is 1.54. The Morgan fingerprint density at radius 2 is 1.97 bits per heavy atom. The third-order valence-electron chi connectivity index (χ3n) is 6.00. The molecule has 10 nitrogen and oxygen atoms in total. The van der Waals surface area contributed by atoms with E-state index in [1.807, 2.05) is 23.6 Å². The number of nitrogens with zero attached hydrogens (tertiary/aromatic N) is 5. The van der Waals surface area contributed by atoms with Crippen molar-refractivity contribution >= 4 is 34.4 Å². The highest BCUT2D eigenvalue weighted by molar-refractivity contribution is 7.16. The lowest BCUT2D eigenvalue weighted by Gasteiger charge is -2.48. The summed E-state index contributed by atoms with van der Waals surface area (Å²) in [4.78, 5) is 38.7. The molecular formula is C22H24FN7O3S. The Morgan fingerprint density at radius 3 is 2.68 bits per heavy atom. The Balaban J connectivity index is 1.50. The van der Waals surface area contributed by atoms with E-state index in [2.05, 4.69) is 25.8 Å². The fourth-order valence-corrected chi connectivity index (χ4v) is 5.50. The number of nitrogens with one attached hydrogen (secondary N) is 2. The zero-order valence-electron chi connectivity index (χ0n) is 18.9. The Labute approximate surface area is 199 Å². The van der Waals surface area contributed by atoms with Gasteiger partial charge >= 0.3 is 12.0 Å². The fourth-order valence-electron chi connectivity index (χ4n) is 4.42. The van der Waals surface area contributed by atoms with Crippen LogP contribution in [0, 0.1) is 11.7 Å². The van der Waals surface area contributed by atoms with Crippen LogP contribution in [0.3, 0.4) is 0 Å². The second-order valence-corrected chi connectivity index (χ2v) is 9.65. The van der Waals surface area contributed by atoms with E-state index in [0.29, 0.717) is 42.0 Å². The van der Waals surface area contributed by atoms with Crippen LogP contribution in [0.5, 0.6) is 0 Å². The van der Waals surface area contributed by atoms with Gasteiger partial charge in [0.25, 0.3) is 0 Å². The third-order valence-corrected chi connectivity index (χ3v) is 7.12. The number of piperazine rings is 1. The van der Waals surface area contributed by atoms with Crippen LogP contribution in [0.2, 0.25) is 0 Å². The van der Waals surface area contributed by atoms with Gasteiger partial charge in [-0.1, -0.05) is 30.3 Å². The van der Waals surface area contributed by atoms with E-state index in [1.54, 1.807) is 19.2 Å². The van der Waals surface area contributed by atoms with Crippen LogP contribution in [-0.2, 0) is 11.2 Å². The lowest BCUT2D eigenvalue weighted by atomic mass is 9.93. The van der Waals surface area contributed by atoms with Crippen LogP contribution >= 0.6 is 11.3 Å². The molecular weight excluding hydrogens is 461 g/mol. The van der Waals surface area contributed by atoms with E-state index < -0.39 is 0 Å². The van der Waals surface area contributed by atoms with E-state index in [-0.39, 0.29) is 35.8 Å². The summed E-state index contributed by atoms with van der Waals surface area (Å²) in [5, 5.41) is 9.87. The summed E-state index contributed by atoms with van der Waals surface area (Å²) >= 11 is 1.38. The molecule has 2 N–H and O–H groups in total. The monoisotopic (exact) mass is 485 g/mol. The molecule has 2 bridgehead atoms. The summed E-state index contributed by atoms with van der Waals surface area (Å²) in [5.74, 6) is -0.0110. The Hall–Kier alpha value is -3.54. The predicted molar refractivity (Wildman–Crippen MR) is 124 cm³/mol. The summed E-state index contributed by atoms with van der Waals surface area (Å²) in [7, 11) is 1.54. The van der Waals surface area contributed by atoms with Gasteiger partial charge in [-0.15, -0.1) is 0 Å². The second-order valence-electron chi connectivity index (χ2n) is 8.62. The lowest BCUT2D eigenvalue weighted by molar-refractivity contribution is -0.136. The highest BCUT2D eigenvalue weighted by Crippen LogP contribution is 2.44. The van der Waals surface area contributed by atoms with Crippen LogP contribution in [0.4, 0.5) is 20.3 Å². The number of amides is 3. The first-order valence-corrected chi connectivity index (χ1v) is 11.8. The van der Waals surface area contributed by atoms with Gasteiger partial charge in [-0.05, 0) is 24.3 Å². The highest BCUT2D eigenvalue weighted by Gasteiger charge is 2.46. The number of anilines is 2. The number of aromatic nitrogens is 3. The van der Waals surface area contributed by atoms with Crippen molar-refractivity contribution in [3.05, 3.63) is 40.7 Å². The van der Waals surface area contributed by atoms with E-state index in [9.17, 15) is 14.0 Å². The fraction of sp³-hybridized carbons (Fsp3) is 0.409. The van der Waals surface area contributed by atoms with Gasteiger partial charge in [0.2, 0.25) is 11.7 Å². The minimum atomic E-state index is -0.344. The number of halogens is 1. The van der Waals surface area contributed by atoms with Crippen molar-refractivity contribution < 1.29 is 18.5 Å². The molecule has 2 aromatic heterocycles. The van der Waals surface area contributed by atoms with Crippen molar-refractivity contribution in [1.82, 2.24) is 25.3 Å². The zero-order valence-corrected chi connectivity index (χ0v) is 19.7. The molecule has 2 atom stereocenters. The molecule has 1 saturated heterocycles. The molecule has 12 heteroatoms. The van der Waals surface area contributed by atoms with Crippen LogP contribution in [-0.4, -0.2) is 58.1 Å². The third kappa shape index (κ3) is 3.98. The molecule has 3 aromatic rings. The van der Waals surface area contributed by atoms with Crippen molar-refractivity contribution in [1.29, 1.82) is 0 Å². The van der Waals surface area contributed by atoms with Crippen molar-refractivity contribution in [3.63, 3.8) is 0 Å². The van der Waals surface area contributed by atoms with Crippen molar-refractivity contribution in [2.75, 3.05) is 30.4 Å². The number of carbonyl (C=O) groups is 2. The average molecular weight is 486 g/mol. The van der Waals surface area contributed by atoms with Gasteiger partial charge in [-0.3, -0.25) is 10.1 Å². The van der Waals surface area contributed by atoms with Crippen LogP contribution in [0.1, 0.15) is 30.5 Å². The molecule has 2 unspecified atom stereocenters. The SMILES string of the molecule is CNC(=O)Nc1nc2c(s1)C1CN(C(=O)C(C)C)CC(C2)N1c1nc(-c2ccc(F)cc2)no1. The number of fused-ring (bicyclic) bond motifs is 4. The number of hydrogen-bond acceptors (Lipinski definition) is 8. The second kappa shape index (κ2) is 8.67. The minimum absolute atomic E-state index is 0.0869. The molecule has 0 radical (unpaired) electrons. The summed E-state index contributed by atoms with van der Waals surface area (Å²) in [6, 6.07) is 5.52. The molecule has 178 valence electrons. The summed E-state index contributed by atoms with van der Waals surface area (Å²) < 4.78 is 19.0. The predicted octanol–water partition coefficient (Wildman–Crippen LogP) is 3.05. The van der Waals surface area contributed by atoms with Gasteiger partial charge in [-0.2, -0.15) is 4.98 Å². The number of thiazole rings is 1. The van der Waals surface area contributed by atoms with E-state index in [4.69, 9.17) is 4.52 Å². The van der Waals surface area contributed by atoms with Gasteiger partial charge < -0.3 is 19.6 Å². The normalized spacial score (nSPS) is 19.2. The van der Waals surface area contributed by atoms with Crippen LogP contribution in [0.15, 0.2) is 28.8 Å². The summed E-state index contributed by atoms with van der Waals surface area (Å²) in [6.07, 6.45) is 0.563. The number of carbonyl (C=O) groups excluding carboxylic acids is 2. The largest absolute Gasteiger partial charge is 0.341 e. The Morgan fingerprint density at radius 1 is 1.21 bits per heavy atom.